The van der Waals surface area contributed by atoms with Crippen molar-refractivity contribution in [3.05, 3.63) is 28.2 Å². The molecule has 0 bridgehead atoms. The van der Waals surface area contributed by atoms with Crippen LogP contribution in [0.2, 0.25) is 0 Å². The first-order valence-electron chi connectivity index (χ1n) is 6.53. The van der Waals surface area contributed by atoms with Gasteiger partial charge in [0.25, 0.3) is 5.91 Å². The topological polar surface area (TPSA) is 83.6 Å². The number of carboxylic acid groups (broad SMARTS) is 1. The van der Waals surface area contributed by atoms with Crippen molar-refractivity contribution in [2.24, 2.45) is 5.92 Å². The van der Waals surface area contributed by atoms with Crippen LogP contribution in [0.5, 0.6) is 0 Å². The number of anilines is 1. The Morgan fingerprint density at radius 1 is 1.45 bits per heavy atom. The van der Waals surface area contributed by atoms with Crippen molar-refractivity contribution in [1.82, 2.24) is 4.90 Å². The molecule has 6 heteroatoms. The van der Waals surface area contributed by atoms with Crippen LogP contribution in [0.25, 0.3) is 0 Å². The van der Waals surface area contributed by atoms with Crippen molar-refractivity contribution in [1.29, 1.82) is 0 Å². The first-order valence-corrected chi connectivity index (χ1v) is 7.32. The van der Waals surface area contributed by atoms with Gasteiger partial charge in [0.15, 0.2) is 0 Å². The van der Waals surface area contributed by atoms with Gasteiger partial charge in [0.2, 0.25) is 0 Å². The minimum Gasteiger partial charge on any atom is -0.481 e. The molecule has 1 amide bonds. The summed E-state index contributed by atoms with van der Waals surface area (Å²) < 4.78 is 0.761. The largest absolute Gasteiger partial charge is 0.481 e. The number of aliphatic carboxylic acids is 1. The van der Waals surface area contributed by atoms with E-state index in [1.54, 1.807) is 23.1 Å². The number of nitrogens with zero attached hydrogens (tertiary/aromatic N) is 1. The van der Waals surface area contributed by atoms with Gasteiger partial charge in [0.1, 0.15) is 0 Å². The molecule has 1 aliphatic rings. The maximum Gasteiger partial charge on any atom is 0.303 e. The number of nitrogen functional groups attached to an aromatic ring is 1. The molecule has 1 aromatic carbocycles. The van der Waals surface area contributed by atoms with E-state index in [1.807, 2.05) is 0 Å². The molecule has 20 heavy (non-hydrogen) atoms. The van der Waals surface area contributed by atoms with Crippen molar-refractivity contribution < 1.29 is 14.7 Å². The molecule has 0 aliphatic carbocycles. The van der Waals surface area contributed by atoms with E-state index in [0.717, 1.165) is 17.3 Å². The number of piperidine rings is 1. The molecule has 0 aromatic heterocycles. The van der Waals surface area contributed by atoms with Gasteiger partial charge in [-0.2, -0.15) is 0 Å². The number of hydrogen-bond acceptors (Lipinski definition) is 3. The van der Waals surface area contributed by atoms with Gasteiger partial charge in [0.05, 0.1) is 0 Å². The highest BCUT2D eigenvalue weighted by Gasteiger charge is 2.26. The second kappa shape index (κ2) is 6.26. The molecule has 0 saturated carbocycles. The molecule has 0 radical (unpaired) electrons. The van der Waals surface area contributed by atoms with Crippen LogP contribution in [0, 0.1) is 5.92 Å². The van der Waals surface area contributed by atoms with E-state index in [0.29, 0.717) is 24.3 Å². The highest BCUT2D eigenvalue weighted by Crippen LogP contribution is 2.24. The fourth-order valence-electron chi connectivity index (χ4n) is 2.52. The second-order valence-corrected chi connectivity index (χ2v) is 5.95. The summed E-state index contributed by atoms with van der Waals surface area (Å²) in [5.74, 6) is -0.852. The highest BCUT2D eigenvalue weighted by molar-refractivity contribution is 9.10. The SMILES string of the molecule is Nc1cc(C(=O)N2CCCC(CC(=O)O)C2)ccc1Br. The molecule has 108 valence electrons. The summed E-state index contributed by atoms with van der Waals surface area (Å²) >= 11 is 3.30. The number of rotatable bonds is 3. The van der Waals surface area contributed by atoms with E-state index in [-0.39, 0.29) is 18.2 Å². The Morgan fingerprint density at radius 2 is 2.20 bits per heavy atom. The molecule has 1 aromatic rings. The lowest BCUT2D eigenvalue weighted by Gasteiger charge is -2.32. The zero-order chi connectivity index (χ0) is 14.7. The highest BCUT2D eigenvalue weighted by atomic mass is 79.9. The van der Waals surface area contributed by atoms with E-state index in [4.69, 9.17) is 10.8 Å². The molecule has 1 heterocycles. The summed E-state index contributed by atoms with van der Waals surface area (Å²) in [6.45, 7) is 1.17. The Balaban J connectivity index is 2.08. The summed E-state index contributed by atoms with van der Waals surface area (Å²) in [4.78, 5) is 24.9. The van der Waals surface area contributed by atoms with Crippen LogP contribution in [-0.4, -0.2) is 35.0 Å². The first-order chi connectivity index (χ1) is 9.47. The van der Waals surface area contributed by atoms with Gasteiger partial charge >= 0.3 is 5.97 Å². The van der Waals surface area contributed by atoms with E-state index < -0.39 is 5.97 Å². The van der Waals surface area contributed by atoms with Crippen LogP contribution in [0.3, 0.4) is 0 Å². The summed E-state index contributed by atoms with van der Waals surface area (Å²) in [6.07, 6.45) is 1.82. The van der Waals surface area contributed by atoms with Crippen molar-refractivity contribution in [2.75, 3.05) is 18.8 Å². The lowest BCUT2D eigenvalue weighted by Crippen LogP contribution is -2.40. The minimum absolute atomic E-state index is 0.0398. The molecule has 5 nitrogen and oxygen atoms in total. The summed E-state index contributed by atoms with van der Waals surface area (Å²) in [5, 5.41) is 8.85. The van der Waals surface area contributed by atoms with Gasteiger partial charge in [-0.25, -0.2) is 0 Å². The predicted molar refractivity (Wildman–Crippen MR) is 79.4 cm³/mol. The molecule has 3 N–H and O–H groups in total. The average Bonchev–Trinajstić information content (AvgIpc) is 2.40. The molecule has 1 aliphatic heterocycles. The second-order valence-electron chi connectivity index (χ2n) is 5.09. The van der Waals surface area contributed by atoms with E-state index in [2.05, 4.69) is 15.9 Å². The number of hydrogen-bond donors (Lipinski definition) is 2. The molecule has 0 spiro atoms. The van der Waals surface area contributed by atoms with Crippen LogP contribution in [0.15, 0.2) is 22.7 Å². The third kappa shape index (κ3) is 3.50. The van der Waals surface area contributed by atoms with Crippen molar-refractivity contribution >= 4 is 33.5 Å². The van der Waals surface area contributed by atoms with Gasteiger partial charge < -0.3 is 15.7 Å². The Morgan fingerprint density at radius 3 is 2.85 bits per heavy atom. The van der Waals surface area contributed by atoms with E-state index in [9.17, 15) is 9.59 Å². The Kier molecular flexibility index (Phi) is 4.65. The molecule has 1 unspecified atom stereocenters. The smallest absolute Gasteiger partial charge is 0.303 e. The number of amides is 1. The van der Waals surface area contributed by atoms with Gasteiger partial charge in [-0.15, -0.1) is 0 Å². The van der Waals surface area contributed by atoms with Gasteiger partial charge in [-0.3, -0.25) is 9.59 Å². The van der Waals surface area contributed by atoms with Gasteiger partial charge in [-0.05, 0) is 52.9 Å². The monoisotopic (exact) mass is 340 g/mol. The summed E-state index contributed by atoms with van der Waals surface area (Å²) in [5.41, 5.74) is 6.85. The predicted octanol–water partition coefficient (Wildman–Crippen LogP) is 2.36. The number of carbonyl (C=O) groups excluding carboxylic acids is 1. The zero-order valence-corrected chi connectivity index (χ0v) is 12.6. The van der Waals surface area contributed by atoms with Crippen LogP contribution in [0.1, 0.15) is 29.6 Å². The lowest BCUT2D eigenvalue weighted by atomic mass is 9.94. The van der Waals surface area contributed by atoms with Crippen molar-refractivity contribution in [2.45, 2.75) is 19.3 Å². The Labute approximate surface area is 125 Å². The fourth-order valence-corrected chi connectivity index (χ4v) is 2.77. The van der Waals surface area contributed by atoms with Crippen LogP contribution >= 0.6 is 15.9 Å². The number of halogens is 1. The number of carbonyl (C=O) groups is 2. The summed E-state index contributed by atoms with van der Waals surface area (Å²) in [7, 11) is 0. The van der Waals surface area contributed by atoms with Gasteiger partial charge in [-0.1, -0.05) is 0 Å². The van der Waals surface area contributed by atoms with Crippen molar-refractivity contribution in [3.8, 4) is 0 Å². The number of nitrogens with two attached hydrogens (primary N) is 1. The van der Waals surface area contributed by atoms with E-state index >= 15 is 0 Å². The minimum atomic E-state index is -0.808. The van der Waals surface area contributed by atoms with Crippen molar-refractivity contribution in [3.63, 3.8) is 0 Å². The third-order valence-corrected chi connectivity index (χ3v) is 4.23. The van der Waals surface area contributed by atoms with Crippen LogP contribution in [0.4, 0.5) is 5.69 Å². The number of benzene rings is 1. The van der Waals surface area contributed by atoms with Gasteiger partial charge in [0, 0.05) is 35.2 Å². The molecule has 1 atom stereocenters. The average molecular weight is 341 g/mol. The molecular formula is C14H17BrN2O3. The maximum absolute atomic E-state index is 12.4. The molecule has 1 fully saturated rings. The lowest BCUT2D eigenvalue weighted by molar-refractivity contribution is -0.138. The quantitative estimate of drug-likeness (QED) is 0.827. The number of likely N-dealkylation sites (tertiary alicyclic amines) is 1. The van der Waals surface area contributed by atoms with Crippen LogP contribution < -0.4 is 5.73 Å². The van der Waals surface area contributed by atoms with E-state index in [1.165, 1.54) is 0 Å². The Bertz CT molecular complexity index is 533. The molecular weight excluding hydrogens is 324 g/mol. The third-order valence-electron chi connectivity index (χ3n) is 3.51. The standard InChI is InChI=1S/C14H17BrN2O3/c15-11-4-3-10(7-12(11)16)14(20)17-5-1-2-9(8-17)6-13(18)19/h3-4,7,9H,1-2,5-6,8,16H2,(H,18,19). The summed E-state index contributed by atoms with van der Waals surface area (Å²) in [6, 6.07) is 5.12. The maximum atomic E-state index is 12.4. The van der Waals surface area contributed by atoms with Crippen LogP contribution in [-0.2, 0) is 4.79 Å². The molecule has 2 rings (SSSR count). The normalized spacial score (nSPS) is 18.9. The first kappa shape index (κ1) is 14.8. The fraction of sp³-hybridized carbons (Fsp3) is 0.429. The zero-order valence-electron chi connectivity index (χ0n) is 11.0. The molecule has 1 saturated heterocycles. The Hall–Kier alpha value is -1.56. The number of carboxylic acids is 1.